The first kappa shape index (κ1) is 12.8. The highest BCUT2D eigenvalue weighted by molar-refractivity contribution is 4.99. The zero-order valence-electron chi connectivity index (χ0n) is 11.9. The summed E-state index contributed by atoms with van der Waals surface area (Å²) in [6, 6.07) is 1.46. The van der Waals surface area contributed by atoms with Crippen LogP contribution in [0.2, 0.25) is 0 Å². The molecule has 5 nitrogen and oxygen atoms in total. The largest absolute Gasteiger partial charge is 0.381 e. The molecule has 0 aliphatic carbocycles. The van der Waals surface area contributed by atoms with Gasteiger partial charge in [-0.25, -0.2) is 0 Å². The SMILES string of the molecule is C1COCC(c2noc(CC3CC4CCC(C3)N4)n2)C1. The molecule has 3 aliphatic heterocycles. The molecule has 4 rings (SSSR count). The first-order chi connectivity index (χ1) is 9.87. The molecule has 1 aromatic heterocycles. The maximum absolute atomic E-state index is 5.50. The fourth-order valence-corrected chi connectivity index (χ4v) is 4.05. The van der Waals surface area contributed by atoms with Crippen LogP contribution < -0.4 is 5.32 Å². The zero-order chi connectivity index (χ0) is 13.4. The van der Waals surface area contributed by atoms with Gasteiger partial charge in [-0.3, -0.25) is 0 Å². The van der Waals surface area contributed by atoms with Crippen molar-refractivity contribution in [2.75, 3.05) is 13.2 Å². The van der Waals surface area contributed by atoms with Crippen LogP contribution in [-0.4, -0.2) is 35.4 Å². The molecular formula is C15H23N3O2. The maximum Gasteiger partial charge on any atom is 0.226 e. The van der Waals surface area contributed by atoms with Crippen molar-refractivity contribution in [2.45, 2.75) is 62.9 Å². The van der Waals surface area contributed by atoms with E-state index < -0.39 is 0 Å². The van der Waals surface area contributed by atoms with E-state index in [4.69, 9.17) is 9.26 Å². The van der Waals surface area contributed by atoms with Crippen LogP contribution in [0, 0.1) is 5.92 Å². The monoisotopic (exact) mass is 277 g/mol. The van der Waals surface area contributed by atoms with E-state index in [1.165, 1.54) is 25.7 Å². The molecule has 0 aromatic carbocycles. The Morgan fingerprint density at radius 3 is 2.75 bits per heavy atom. The summed E-state index contributed by atoms with van der Waals surface area (Å²) in [5, 5.41) is 7.86. The molecular weight excluding hydrogens is 254 g/mol. The quantitative estimate of drug-likeness (QED) is 0.916. The van der Waals surface area contributed by atoms with Crippen LogP contribution in [0.15, 0.2) is 4.52 Å². The molecule has 3 fully saturated rings. The van der Waals surface area contributed by atoms with E-state index in [0.717, 1.165) is 56.3 Å². The van der Waals surface area contributed by atoms with E-state index in [2.05, 4.69) is 15.5 Å². The van der Waals surface area contributed by atoms with E-state index in [0.29, 0.717) is 11.8 Å². The van der Waals surface area contributed by atoms with E-state index >= 15 is 0 Å². The standard InChI is InChI=1S/C15H23N3O2/c1-2-11(9-19-5-1)15-17-14(20-18-15)8-10-6-12-3-4-13(7-10)16-12/h10-13,16H,1-9H2. The molecule has 1 aromatic rings. The van der Waals surface area contributed by atoms with Crippen molar-refractivity contribution >= 4 is 0 Å². The predicted octanol–water partition coefficient (Wildman–Crippen LogP) is 2.04. The van der Waals surface area contributed by atoms with Gasteiger partial charge in [0, 0.05) is 31.0 Å². The highest BCUT2D eigenvalue weighted by atomic mass is 16.5. The molecule has 0 radical (unpaired) electrons. The third kappa shape index (κ3) is 2.61. The van der Waals surface area contributed by atoms with Crippen molar-refractivity contribution in [1.82, 2.24) is 15.5 Å². The topological polar surface area (TPSA) is 60.2 Å². The fourth-order valence-electron chi connectivity index (χ4n) is 4.05. The molecule has 5 heteroatoms. The summed E-state index contributed by atoms with van der Waals surface area (Å²) in [7, 11) is 0. The van der Waals surface area contributed by atoms with Crippen LogP contribution in [0.5, 0.6) is 0 Å². The summed E-state index contributed by atoms with van der Waals surface area (Å²) in [5.41, 5.74) is 0. The summed E-state index contributed by atoms with van der Waals surface area (Å²) in [6.45, 7) is 1.62. The van der Waals surface area contributed by atoms with Gasteiger partial charge in [0.1, 0.15) is 0 Å². The van der Waals surface area contributed by atoms with Crippen molar-refractivity contribution in [3.63, 3.8) is 0 Å². The van der Waals surface area contributed by atoms with Gasteiger partial charge < -0.3 is 14.6 Å². The lowest BCUT2D eigenvalue weighted by Gasteiger charge is -2.28. The van der Waals surface area contributed by atoms with Gasteiger partial charge in [-0.05, 0) is 44.4 Å². The van der Waals surface area contributed by atoms with Gasteiger partial charge in [0.15, 0.2) is 5.82 Å². The molecule has 3 aliphatic rings. The van der Waals surface area contributed by atoms with Gasteiger partial charge in [0.25, 0.3) is 0 Å². The number of hydrogen-bond acceptors (Lipinski definition) is 5. The van der Waals surface area contributed by atoms with E-state index in [1.807, 2.05) is 0 Å². The summed E-state index contributed by atoms with van der Waals surface area (Å²) in [6.07, 6.45) is 8.39. The predicted molar refractivity (Wildman–Crippen MR) is 73.5 cm³/mol. The highest BCUT2D eigenvalue weighted by Gasteiger charge is 2.34. The molecule has 2 bridgehead atoms. The summed E-state index contributed by atoms with van der Waals surface area (Å²) >= 11 is 0. The third-order valence-corrected chi connectivity index (χ3v) is 5.04. The van der Waals surface area contributed by atoms with Gasteiger partial charge in [-0.1, -0.05) is 5.16 Å². The normalized spacial score (nSPS) is 37.2. The molecule has 3 atom stereocenters. The van der Waals surface area contributed by atoms with E-state index in [-0.39, 0.29) is 0 Å². The molecule has 0 amide bonds. The Kier molecular flexibility index (Phi) is 3.48. The average molecular weight is 277 g/mol. The van der Waals surface area contributed by atoms with Gasteiger partial charge in [-0.15, -0.1) is 0 Å². The minimum atomic E-state index is 0.338. The maximum atomic E-state index is 5.50. The third-order valence-electron chi connectivity index (χ3n) is 5.04. The van der Waals surface area contributed by atoms with Crippen LogP contribution in [0.25, 0.3) is 0 Å². The Labute approximate surface area is 119 Å². The van der Waals surface area contributed by atoms with Gasteiger partial charge in [0.2, 0.25) is 5.89 Å². The number of piperidine rings is 1. The number of aromatic nitrogens is 2. The Bertz CT molecular complexity index is 444. The zero-order valence-corrected chi connectivity index (χ0v) is 11.9. The Balaban J connectivity index is 1.38. The van der Waals surface area contributed by atoms with Gasteiger partial charge in [0.05, 0.1) is 6.61 Å². The lowest BCUT2D eigenvalue weighted by molar-refractivity contribution is 0.0773. The number of rotatable bonds is 3. The van der Waals surface area contributed by atoms with Crippen LogP contribution in [-0.2, 0) is 11.2 Å². The summed E-state index contributed by atoms with van der Waals surface area (Å²) in [4.78, 5) is 4.62. The summed E-state index contributed by atoms with van der Waals surface area (Å²) < 4.78 is 11.0. The van der Waals surface area contributed by atoms with Crippen molar-refractivity contribution < 1.29 is 9.26 Å². The number of hydrogen-bond donors (Lipinski definition) is 1. The first-order valence-corrected chi connectivity index (χ1v) is 8.03. The number of ether oxygens (including phenoxy) is 1. The lowest BCUT2D eigenvalue weighted by Crippen LogP contribution is -2.38. The molecule has 0 saturated carbocycles. The number of fused-ring (bicyclic) bond motifs is 2. The smallest absolute Gasteiger partial charge is 0.226 e. The molecule has 1 N–H and O–H groups in total. The average Bonchev–Trinajstić information content (AvgIpc) is 3.07. The van der Waals surface area contributed by atoms with Crippen molar-refractivity contribution in [2.24, 2.45) is 5.92 Å². The highest BCUT2D eigenvalue weighted by Crippen LogP contribution is 2.33. The molecule has 110 valence electrons. The van der Waals surface area contributed by atoms with Crippen molar-refractivity contribution in [3.8, 4) is 0 Å². The van der Waals surface area contributed by atoms with Crippen LogP contribution in [0.3, 0.4) is 0 Å². The van der Waals surface area contributed by atoms with E-state index in [9.17, 15) is 0 Å². The van der Waals surface area contributed by atoms with Crippen LogP contribution >= 0.6 is 0 Å². The molecule has 3 saturated heterocycles. The Hall–Kier alpha value is -0.940. The minimum Gasteiger partial charge on any atom is -0.381 e. The summed E-state index contributed by atoms with van der Waals surface area (Å²) in [5.74, 6) is 2.74. The Morgan fingerprint density at radius 2 is 2.00 bits per heavy atom. The van der Waals surface area contributed by atoms with Gasteiger partial charge in [-0.2, -0.15) is 4.98 Å². The van der Waals surface area contributed by atoms with Crippen LogP contribution in [0.1, 0.15) is 56.2 Å². The van der Waals surface area contributed by atoms with Crippen LogP contribution in [0.4, 0.5) is 0 Å². The second-order valence-electron chi connectivity index (χ2n) is 6.64. The number of nitrogens with zero attached hydrogens (tertiary/aromatic N) is 2. The number of nitrogens with one attached hydrogen (secondary N) is 1. The lowest BCUT2D eigenvalue weighted by atomic mass is 9.90. The molecule has 3 unspecified atom stereocenters. The second kappa shape index (κ2) is 5.45. The first-order valence-electron chi connectivity index (χ1n) is 8.03. The van der Waals surface area contributed by atoms with Crippen molar-refractivity contribution in [3.05, 3.63) is 11.7 Å². The minimum absolute atomic E-state index is 0.338. The second-order valence-corrected chi connectivity index (χ2v) is 6.64. The molecule has 20 heavy (non-hydrogen) atoms. The van der Waals surface area contributed by atoms with E-state index in [1.54, 1.807) is 0 Å². The fraction of sp³-hybridized carbons (Fsp3) is 0.867. The molecule has 4 heterocycles. The molecule has 0 spiro atoms. The van der Waals surface area contributed by atoms with Gasteiger partial charge >= 0.3 is 0 Å². The Morgan fingerprint density at radius 1 is 1.15 bits per heavy atom. The van der Waals surface area contributed by atoms with Crippen molar-refractivity contribution in [1.29, 1.82) is 0 Å².